The van der Waals surface area contributed by atoms with Crippen molar-refractivity contribution < 1.29 is 27.4 Å². The maximum Gasteiger partial charge on any atom is 0.337 e. The molecular formula is C20H23NO6S. The van der Waals surface area contributed by atoms with Crippen LogP contribution < -0.4 is 14.2 Å². The smallest absolute Gasteiger partial charge is 0.337 e. The van der Waals surface area contributed by atoms with Gasteiger partial charge in [0.15, 0.2) is 11.5 Å². The summed E-state index contributed by atoms with van der Waals surface area (Å²) in [5.41, 5.74) is 0.942. The number of nitrogens with one attached hydrogen (secondary N) is 1. The van der Waals surface area contributed by atoms with Gasteiger partial charge in [-0.15, -0.1) is 0 Å². The van der Waals surface area contributed by atoms with E-state index in [1.165, 1.54) is 31.4 Å². The molecule has 0 spiro atoms. The number of methoxy groups -OCH3 is 1. The van der Waals surface area contributed by atoms with Gasteiger partial charge in [0.1, 0.15) is 13.2 Å². The number of ether oxygens (including phenoxy) is 3. The number of esters is 1. The topological polar surface area (TPSA) is 90.9 Å². The van der Waals surface area contributed by atoms with Gasteiger partial charge in [-0.3, -0.25) is 0 Å². The fourth-order valence-corrected chi connectivity index (χ4v) is 4.40. The summed E-state index contributed by atoms with van der Waals surface area (Å²) in [6.45, 7) is 4.79. The van der Waals surface area contributed by atoms with E-state index in [0.717, 1.165) is 5.56 Å². The first kappa shape index (κ1) is 20.2. The Morgan fingerprint density at radius 1 is 1.07 bits per heavy atom. The number of hydrogen-bond acceptors (Lipinski definition) is 6. The summed E-state index contributed by atoms with van der Waals surface area (Å²) in [5, 5.41) is 0. The van der Waals surface area contributed by atoms with Crippen LogP contribution in [0.3, 0.4) is 0 Å². The molecule has 2 aromatic rings. The van der Waals surface area contributed by atoms with Crippen molar-refractivity contribution in [2.24, 2.45) is 5.92 Å². The highest BCUT2D eigenvalue weighted by Gasteiger charge is 2.26. The molecule has 1 unspecified atom stereocenters. The highest BCUT2D eigenvalue weighted by atomic mass is 32.2. The molecule has 3 rings (SSSR count). The Labute approximate surface area is 164 Å². The van der Waals surface area contributed by atoms with E-state index in [2.05, 4.69) is 9.46 Å². The van der Waals surface area contributed by atoms with Gasteiger partial charge >= 0.3 is 5.97 Å². The molecule has 1 atom stereocenters. The molecule has 150 valence electrons. The van der Waals surface area contributed by atoms with E-state index in [1.54, 1.807) is 12.1 Å². The van der Waals surface area contributed by atoms with Crippen molar-refractivity contribution in [3.63, 3.8) is 0 Å². The molecule has 0 amide bonds. The number of benzene rings is 2. The zero-order chi connectivity index (χ0) is 20.3. The van der Waals surface area contributed by atoms with Gasteiger partial charge in [0.25, 0.3) is 0 Å². The van der Waals surface area contributed by atoms with Gasteiger partial charge < -0.3 is 14.2 Å². The Morgan fingerprint density at radius 3 is 2.46 bits per heavy atom. The minimum atomic E-state index is -3.87. The van der Waals surface area contributed by atoms with Crippen molar-refractivity contribution in [3.05, 3.63) is 53.6 Å². The quantitative estimate of drug-likeness (QED) is 0.743. The van der Waals surface area contributed by atoms with Crippen LogP contribution in [0, 0.1) is 5.92 Å². The van der Waals surface area contributed by atoms with E-state index in [0.29, 0.717) is 24.7 Å². The van der Waals surface area contributed by atoms with E-state index < -0.39 is 22.0 Å². The predicted octanol–water partition coefficient (Wildman–Crippen LogP) is 2.92. The third kappa shape index (κ3) is 4.28. The maximum absolute atomic E-state index is 13.0. The molecule has 2 aromatic carbocycles. The molecule has 8 heteroatoms. The summed E-state index contributed by atoms with van der Waals surface area (Å²) in [6, 6.07) is 10.7. The molecule has 0 saturated carbocycles. The van der Waals surface area contributed by atoms with Crippen LogP contribution in [0.15, 0.2) is 47.4 Å². The van der Waals surface area contributed by atoms with E-state index in [9.17, 15) is 13.2 Å². The zero-order valence-electron chi connectivity index (χ0n) is 16.0. The lowest BCUT2D eigenvalue weighted by Gasteiger charge is -2.25. The van der Waals surface area contributed by atoms with Crippen LogP contribution in [0.5, 0.6) is 11.5 Å². The number of carbonyl (C=O) groups excluding carboxylic acids is 1. The Kier molecular flexibility index (Phi) is 5.90. The van der Waals surface area contributed by atoms with Crippen LogP contribution in [-0.2, 0) is 14.8 Å². The molecule has 0 radical (unpaired) electrons. The molecule has 1 N–H and O–H groups in total. The Hall–Kier alpha value is -2.58. The maximum atomic E-state index is 13.0. The van der Waals surface area contributed by atoms with Gasteiger partial charge in [-0.25, -0.2) is 17.9 Å². The van der Waals surface area contributed by atoms with E-state index in [1.807, 2.05) is 19.9 Å². The van der Waals surface area contributed by atoms with E-state index in [-0.39, 0.29) is 16.4 Å². The number of sulfonamides is 1. The molecule has 0 aliphatic carbocycles. The first-order valence-electron chi connectivity index (χ1n) is 8.92. The van der Waals surface area contributed by atoms with E-state index in [4.69, 9.17) is 9.47 Å². The minimum absolute atomic E-state index is 0.00130. The Balaban J connectivity index is 1.91. The molecule has 0 bridgehead atoms. The average Bonchev–Trinajstić information content (AvgIpc) is 2.71. The standard InChI is InChI=1S/C20H23NO6S/c1-13(2)19(14-7-8-17-18(12-14)27-10-9-26-17)21-28(23,24)16-6-4-5-15(11-16)20(22)25-3/h4-8,11-13,19,21H,9-10H2,1-3H3. The van der Waals surface area contributed by atoms with Crippen LogP contribution in [0.2, 0.25) is 0 Å². The molecule has 1 aliphatic heterocycles. The van der Waals surface area contributed by atoms with Gasteiger partial charge in [-0.1, -0.05) is 26.0 Å². The SMILES string of the molecule is COC(=O)c1cccc(S(=O)(=O)NC(c2ccc3c(c2)OCCO3)C(C)C)c1. The molecule has 28 heavy (non-hydrogen) atoms. The van der Waals surface area contributed by atoms with Crippen molar-refractivity contribution in [3.8, 4) is 11.5 Å². The molecule has 1 heterocycles. The zero-order valence-corrected chi connectivity index (χ0v) is 16.8. The normalized spacial score (nSPS) is 14.6. The molecule has 1 aliphatic rings. The summed E-state index contributed by atoms with van der Waals surface area (Å²) in [6.07, 6.45) is 0. The fraction of sp³-hybridized carbons (Fsp3) is 0.350. The van der Waals surface area contributed by atoms with Crippen molar-refractivity contribution >= 4 is 16.0 Å². The van der Waals surface area contributed by atoms with Crippen LogP contribution in [0.4, 0.5) is 0 Å². The van der Waals surface area contributed by atoms with E-state index >= 15 is 0 Å². The van der Waals surface area contributed by atoms with Gasteiger partial charge in [0.05, 0.1) is 17.6 Å². The summed E-state index contributed by atoms with van der Waals surface area (Å²) < 4.78 is 44.4. The first-order chi connectivity index (χ1) is 13.3. The largest absolute Gasteiger partial charge is 0.486 e. The van der Waals surface area contributed by atoms with Crippen molar-refractivity contribution in [1.29, 1.82) is 0 Å². The Bertz CT molecular complexity index is 970. The monoisotopic (exact) mass is 405 g/mol. The van der Waals surface area contributed by atoms with Gasteiger partial charge in [0, 0.05) is 6.04 Å². The van der Waals surface area contributed by atoms with Gasteiger partial charge in [-0.05, 0) is 41.8 Å². The number of rotatable bonds is 6. The highest BCUT2D eigenvalue weighted by molar-refractivity contribution is 7.89. The summed E-state index contributed by atoms with van der Waals surface area (Å²) in [7, 11) is -2.62. The van der Waals surface area contributed by atoms with Crippen molar-refractivity contribution in [2.45, 2.75) is 24.8 Å². The van der Waals surface area contributed by atoms with Crippen LogP contribution in [0.25, 0.3) is 0 Å². The second-order valence-electron chi connectivity index (χ2n) is 6.77. The molecule has 0 saturated heterocycles. The third-order valence-corrected chi connectivity index (χ3v) is 5.88. The summed E-state index contributed by atoms with van der Waals surface area (Å²) >= 11 is 0. The lowest BCUT2D eigenvalue weighted by molar-refractivity contribution is 0.0600. The minimum Gasteiger partial charge on any atom is -0.486 e. The van der Waals surface area contributed by atoms with Crippen molar-refractivity contribution in [2.75, 3.05) is 20.3 Å². The van der Waals surface area contributed by atoms with Crippen LogP contribution >= 0.6 is 0 Å². The second-order valence-corrected chi connectivity index (χ2v) is 8.48. The average molecular weight is 405 g/mol. The summed E-state index contributed by atoms with van der Waals surface area (Å²) in [4.78, 5) is 11.7. The third-order valence-electron chi connectivity index (χ3n) is 4.44. The number of hydrogen-bond donors (Lipinski definition) is 1. The highest BCUT2D eigenvalue weighted by Crippen LogP contribution is 2.35. The van der Waals surface area contributed by atoms with Crippen LogP contribution in [0.1, 0.15) is 35.8 Å². The molecule has 0 aromatic heterocycles. The number of fused-ring (bicyclic) bond motifs is 1. The first-order valence-corrected chi connectivity index (χ1v) is 10.4. The Morgan fingerprint density at radius 2 is 1.79 bits per heavy atom. The molecule has 0 fully saturated rings. The lowest BCUT2D eigenvalue weighted by Crippen LogP contribution is -2.32. The number of carbonyl (C=O) groups is 1. The lowest BCUT2D eigenvalue weighted by atomic mass is 9.97. The molecule has 7 nitrogen and oxygen atoms in total. The van der Waals surface area contributed by atoms with Gasteiger partial charge in [0.2, 0.25) is 10.0 Å². The molecular weight excluding hydrogens is 382 g/mol. The summed E-state index contributed by atoms with van der Waals surface area (Å²) in [5.74, 6) is 0.623. The van der Waals surface area contributed by atoms with Crippen LogP contribution in [-0.4, -0.2) is 34.7 Å². The fourth-order valence-electron chi connectivity index (χ4n) is 2.99. The second kappa shape index (κ2) is 8.20. The van der Waals surface area contributed by atoms with Gasteiger partial charge in [-0.2, -0.15) is 0 Å². The van der Waals surface area contributed by atoms with Crippen molar-refractivity contribution in [1.82, 2.24) is 4.72 Å². The predicted molar refractivity (Wildman–Crippen MR) is 103 cm³/mol.